The Morgan fingerprint density at radius 3 is 2.62 bits per heavy atom. The van der Waals surface area contributed by atoms with Crippen LogP contribution >= 0.6 is 11.6 Å². The number of carbonyl (C=O) groups is 2. The molecule has 1 aromatic carbocycles. The molecule has 3 aliphatic rings. The molecule has 9 nitrogen and oxygen atoms in total. The van der Waals surface area contributed by atoms with Gasteiger partial charge >= 0.3 is 0 Å². The highest BCUT2D eigenvalue weighted by atomic mass is 35.5. The van der Waals surface area contributed by atoms with Crippen molar-refractivity contribution in [1.29, 1.82) is 0 Å². The average Bonchev–Trinajstić information content (AvgIpc) is 3.39. The van der Waals surface area contributed by atoms with Crippen molar-refractivity contribution < 1.29 is 14.3 Å². The van der Waals surface area contributed by atoms with Crippen LogP contribution in [0.15, 0.2) is 29.3 Å². The Morgan fingerprint density at radius 2 is 1.93 bits per heavy atom. The first kappa shape index (κ1) is 30.6. The maximum atomic E-state index is 14.0. The van der Waals surface area contributed by atoms with Crippen LogP contribution in [0.3, 0.4) is 0 Å². The van der Waals surface area contributed by atoms with Gasteiger partial charge in [-0.25, -0.2) is 4.99 Å². The molecule has 3 atom stereocenters. The van der Waals surface area contributed by atoms with E-state index in [1.807, 2.05) is 36.1 Å². The summed E-state index contributed by atoms with van der Waals surface area (Å²) in [5.41, 5.74) is 0.914. The number of amidine groups is 1. The highest BCUT2D eigenvalue weighted by Crippen LogP contribution is 2.19. The first-order chi connectivity index (χ1) is 19.3. The van der Waals surface area contributed by atoms with Gasteiger partial charge in [-0.15, -0.1) is 0 Å². The summed E-state index contributed by atoms with van der Waals surface area (Å²) in [5, 5.41) is 7.17. The summed E-state index contributed by atoms with van der Waals surface area (Å²) in [6.45, 7) is 11.9. The van der Waals surface area contributed by atoms with Gasteiger partial charge in [0.2, 0.25) is 11.8 Å². The number of hydrogen-bond donors (Lipinski definition) is 2. The first-order valence-corrected chi connectivity index (χ1v) is 15.4. The van der Waals surface area contributed by atoms with Crippen LogP contribution in [-0.2, 0) is 20.9 Å². The smallest absolute Gasteiger partial charge is 0.287 e. The molecule has 222 valence electrons. The standard InChI is InChI=1S/C30H47ClN6O3/c1-22(2)33-26(12-5-8-15-35-13-6-4-7-14-35)29(39)37-17-16-36(30-34-23(3)21-40-30)20-27(37)28(38)32-19-24-10-9-11-25(31)18-24/h9-11,18,22-23,26-27,33H,4-8,12-17,19-21H2,1-3H3,(H,32,38)/t23?,26-,27+/m1/s1. The molecule has 4 rings (SSSR count). The van der Waals surface area contributed by atoms with E-state index >= 15 is 0 Å². The Balaban J connectivity index is 1.42. The van der Waals surface area contributed by atoms with Crippen molar-refractivity contribution >= 4 is 29.4 Å². The molecule has 3 heterocycles. The van der Waals surface area contributed by atoms with Crippen molar-refractivity contribution in [3.05, 3.63) is 34.9 Å². The number of amides is 2. The number of nitrogens with one attached hydrogen (secondary N) is 2. The number of halogens is 1. The zero-order chi connectivity index (χ0) is 28.5. The van der Waals surface area contributed by atoms with E-state index in [2.05, 4.69) is 34.4 Å². The lowest BCUT2D eigenvalue weighted by Crippen LogP contribution is -2.64. The second-order valence-electron chi connectivity index (χ2n) is 11.7. The SMILES string of the molecule is CC1COC(N2CCN(C(=O)[C@@H](CCCCN3CCCCC3)NC(C)C)[C@H](C(=O)NCc3cccc(Cl)c3)C2)=N1. The third-order valence-corrected chi connectivity index (χ3v) is 8.11. The van der Waals surface area contributed by atoms with E-state index in [1.165, 1.54) is 32.4 Å². The van der Waals surface area contributed by atoms with Crippen molar-refractivity contribution in [3.63, 3.8) is 0 Å². The number of hydrogen-bond acceptors (Lipinski definition) is 7. The minimum Gasteiger partial charge on any atom is -0.463 e. The van der Waals surface area contributed by atoms with Gasteiger partial charge in [0.05, 0.1) is 18.6 Å². The molecule has 0 bridgehead atoms. The molecule has 0 aliphatic carbocycles. The second-order valence-corrected chi connectivity index (χ2v) is 12.1. The van der Waals surface area contributed by atoms with Crippen LogP contribution in [0.1, 0.15) is 64.9 Å². The van der Waals surface area contributed by atoms with Crippen molar-refractivity contribution in [3.8, 4) is 0 Å². The summed E-state index contributed by atoms with van der Waals surface area (Å²) >= 11 is 6.14. The van der Waals surface area contributed by atoms with Gasteiger partial charge in [-0.2, -0.15) is 0 Å². The number of piperazine rings is 1. The van der Waals surface area contributed by atoms with Gasteiger partial charge in [0.1, 0.15) is 12.6 Å². The summed E-state index contributed by atoms with van der Waals surface area (Å²) in [6, 6.07) is 7.30. The molecule has 0 saturated carbocycles. The zero-order valence-corrected chi connectivity index (χ0v) is 25.2. The van der Waals surface area contributed by atoms with Crippen LogP contribution in [0.25, 0.3) is 0 Å². The van der Waals surface area contributed by atoms with Crippen molar-refractivity contribution in [1.82, 2.24) is 25.3 Å². The Morgan fingerprint density at radius 1 is 1.12 bits per heavy atom. The quantitative estimate of drug-likeness (QED) is 0.394. The number of unbranched alkanes of at least 4 members (excludes halogenated alkanes) is 1. The van der Waals surface area contributed by atoms with E-state index in [9.17, 15) is 9.59 Å². The monoisotopic (exact) mass is 574 g/mol. The largest absolute Gasteiger partial charge is 0.463 e. The Labute approximate surface area is 244 Å². The van der Waals surface area contributed by atoms with E-state index in [0.29, 0.717) is 43.8 Å². The van der Waals surface area contributed by atoms with Gasteiger partial charge in [0.25, 0.3) is 6.02 Å². The second kappa shape index (κ2) is 15.0. The number of rotatable bonds is 11. The summed E-state index contributed by atoms with van der Waals surface area (Å²) in [6.07, 6.45) is 6.73. The third-order valence-electron chi connectivity index (χ3n) is 7.88. The number of likely N-dealkylation sites (tertiary alicyclic amines) is 1. The lowest BCUT2D eigenvalue weighted by Gasteiger charge is -2.42. The van der Waals surface area contributed by atoms with Gasteiger partial charge in [-0.3, -0.25) is 9.59 Å². The molecule has 0 radical (unpaired) electrons. The molecule has 10 heteroatoms. The van der Waals surface area contributed by atoms with Crippen molar-refractivity contribution in [2.24, 2.45) is 4.99 Å². The predicted molar refractivity (Wildman–Crippen MR) is 159 cm³/mol. The molecule has 2 amide bonds. The highest BCUT2D eigenvalue weighted by Gasteiger charge is 2.40. The van der Waals surface area contributed by atoms with Gasteiger partial charge in [-0.1, -0.05) is 50.4 Å². The number of nitrogens with zero attached hydrogens (tertiary/aromatic N) is 4. The van der Waals surface area contributed by atoms with Crippen LogP contribution in [-0.4, -0.2) is 103 Å². The molecule has 0 aromatic heterocycles. The predicted octanol–water partition coefficient (Wildman–Crippen LogP) is 3.27. The molecule has 2 saturated heterocycles. The molecular formula is C30H47ClN6O3. The minimum atomic E-state index is -0.646. The molecule has 1 aromatic rings. The van der Waals surface area contributed by atoms with Crippen molar-refractivity contribution in [2.75, 3.05) is 45.9 Å². The zero-order valence-electron chi connectivity index (χ0n) is 24.4. The van der Waals surface area contributed by atoms with E-state index in [-0.39, 0.29) is 29.9 Å². The number of benzene rings is 1. The lowest BCUT2D eigenvalue weighted by molar-refractivity contribution is -0.145. The Kier molecular flexibility index (Phi) is 11.5. The van der Waals surface area contributed by atoms with Gasteiger partial charge < -0.3 is 30.1 Å². The average molecular weight is 575 g/mol. The molecular weight excluding hydrogens is 528 g/mol. The Hall–Kier alpha value is -2.36. The van der Waals surface area contributed by atoms with Crippen LogP contribution < -0.4 is 10.6 Å². The first-order valence-electron chi connectivity index (χ1n) is 15.1. The third kappa shape index (κ3) is 8.82. The number of carbonyl (C=O) groups excluding carboxylic acids is 2. The summed E-state index contributed by atoms with van der Waals surface area (Å²) < 4.78 is 5.80. The topological polar surface area (TPSA) is 89.5 Å². The number of piperidine rings is 1. The molecule has 40 heavy (non-hydrogen) atoms. The van der Waals surface area contributed by atoms with E-state index < -0.39 is 6.04 Å². The fourth-order valence-corrected chi connectivity index (χ4v) is 5.99. The fraction of sp³-hybridized carbons (Fsp3) is 0.700. The van der Waals surface area contributed by atoms with Crippen LogP contribution in [0.4, 0.5) is 0 Å². The number of ether oxygens (including phenoxy) is 1. The van der Waals surface area contributed by atoms with Crippen molar-refractivity contribution in [2.45, 2.75) is 90.0 Å². The Bertz CT molecular complexity index is 1010. The van der Waals surface area contributed by atoms with Crippen LogP contribution in [0, 0.1) is 0 Å². The highest BCUT2D eigenvalue weighted by molar-refractivity contribution is 6.30. The maximum Gasteiger partial charge on any atom is 0.287 e. The molecule has 2 fully saturated rings. The van der Waals surface area contributed by atoms with E-state index in [4.69, 9.17) is 16.3 Å². The van der Waals surface area contributed by atoms with E-state index in [0.717, 1.165) is 31.4 Å². The summed E-state index contributed by atoms with van der Waals surface area (Å²) in [4.78, 5) is 38.5. The number of aliphatic imine (C=N–C) groups is 1. The maximum absolute atomic E-state index is 14.0. The molecule has 3 aliphatic heterocycles. The van der Waals surface area contributed by atoms with Gasteiger partial charge in [0, 0.05) is 30.7 Å². The van der Waals surface area contributed by atoms with E-state index in [1.54, 1.807) is 4.90 Å². The van der Waals surface area contributed by atoms with Gasteiger partial charge in [0.15, 0.2) is 0 Å². The summed E-state index contributed by atoms with van der Waals surface area (Å²) in [5.74, 6) is -0.185. The van der Waals surface area contributed by atoms with Crippen LogP contribution in [0.2, 0.25) is 5.02 Å². The summed E-state index contributed by atoms with van der Waals surface area (Å²) in [7, 11) is 0. The van der Waals surface area contributed by atoms with Crippen LogP contribution in [0.5, 0.6) is 0 Å². The lowest BCUT2D eigenvalue weighted by atomic mass is 10.0. The fourth-order valence-electron chi connectivity index (χ4n) is 5.78. The minimum absolute atomic E-state index is 0.00289. The van der Waals surface area contributed by atoms with Gasteiger partial charge in [-0.05, 0) is 69.9 Å². The normalized spacial score (nSPS) is 22.7. The molecule has 1 unspecified atom stereocenters. The molecule has 2 N–H and O–H groups in total. The molecule has 0 spiro atoms.